The number of phenols is 1. The summed E-state index contributed by atoms with van der Waals surface area (Å²) in [4.78, 5) is 15.3. The summed E-state index contributed by atoms with van der Waals surface area (Å²) in [5.74, 6) is -0.710. The number of phenolic OH excluding ortho intramolecular Hbond substituents is 1. The van der Waals surface area contributed by atoms with Crippen LogP contribution in [0.1, 0.15) is 34.4 Å². The maximum atomic E-state index is 13.8. The Morgan fingerprint density at radius 1 is 0.930 bits per heavy atom. The molecule has 5 rings (SSSR count). The number of para-hydroxylation sites is 1. The highest BCUT2D eigenvalue weighted by Crippen LogP contribution is 2.43. The number of hydrazine groups is 1. The molecule has 0 spiro atoms. The van der Waals surface area contributed by atoms with Crippen LogP contribution in [0.25, 0.3) is 11.1 Å². The number of carbonyl (C=O) groups excluding carboxylic acids is 1. The van der Waals surface area contributed by atoms with Crippen molar-refractivity contribution in [2.45, 2.75) is 37.1 Å². The van der Waals surface area contributed by atoms with Crippen LogP contribution in [0.5, 0.6) is 5.75 Å². The highest BCUT2D eigenvalue weighted by atomic mass is 32.2. The minimum absolute atomic E-state index is 0.0460. The van der Waals surface area contributed by atoms with Crippen LogP contribution in [-0.2, 0) is 14.6 Å². The summed E-state index contributed by atoms with van der Waals surface area (Å²) in [5.41, 5.74) is 9.32. The predicted octanol–water partition coefficient (Wildman–Crippen LogP) is 6.01. The van der Waals surface area contributed by atoms with Crippen molar-refractivity contribution in [2.24, 2.45) is 0 Å². The molecule has 4 N–H and O–H groups in total. The Labute approximate surface area is 246 Å². The number of halogens is 3. The summed E-state index contributed by atoms with van der Waals surface area (Å²) in [5, 5.41) is 20.7. The van der Waals surface area contributed by atoms with Gasteiger partial charge in [0.05, 0.1) is 16.3 Å². The van der Waals surface area contributed by atoms with Crippen molar-refractivity contribution in [1.82, 2.24) is 5.43 Å². The number of carbonyl (C=O) groups is 1. The maximum Gasteiger partial charge on any atom is 0.418 e. The van der Waals surface area contributed by atoms with Gasteiger partial charge in [-0.2, -0.15) is 13.2 Å². The van der Waals surface area contributed by atoms with Crippen molar-refractivity contribution in [3.63, 3.8) is 0 Å². The van der Waals surface area contributed by atoms with Gasteiger partial charge in [-0.25, -0.2) is 13.8 Å². The van der Waals surface area contributed by atoms with Crippen LogP contribution in [0.15, 0.2) is 83.8 Å². The lowest BCUT2D eigenvalue weighted by atomic mass is 9.99. The third-order valence-electron chi connectivity index (χ3n) is 7.41. The van der Waals surface area contributed by atoms with E-state index in [0.29, 0.717) is 16.9 Å². The van der Waals surface area contributed by atoms with E-state index in [1.54, 1.807) is 18.2 Å². The summed E-state index contributed by atoms with van der Waals surface area (Å²) >= 11 is 0. The molecule has 2 atom stereocenters. The number of rotatable bonds is 7. The van der Waals surface area contributed by atoms with Crippen LogP contribution in [0, 0.1) is 13.8 Å². The van der Waals surface area contributed by atoms with Crippen LogP contribution in [0.4, 0.5) is 30.2 Å². The lowest BCUT2D eigenvalue weighted by molar-refractivity contribution is -0.206. The quantitative estimate of drug-likeness (QED) is 0.149. The number of amides is 1. The monoisotopic (exact) mass is 611 g/mol. The van der Waals surface area contributed by atoms with Gasteiger partial charge in [-0.05, 0) is 72.5 Å². The van der Waals surface area contributed by atoms with E-state index in [-0.39, 0.29) is 33.0 Å². The van der Waals surface area contributed by atoms with Crippen LogP contribution in [0.3, 0.4) is 0 Å². The molecule has 8 nitrogen and oxygen atoms in total. The maximum absolute atomic E-state index is 13.8. The first-order chi connectivity index (χ1) is 20.2. The van der Waals surface area contributed by atoms with Crippen molar-refractivity contribution in [3.05, 3.63) is 101 Å². The Hall–Kier alpha value is -4.39. The number of nitrogens with zero attached hydrogens (tertiary/aromatic N) is 1. The number of sulfone groups is 1. The van der Waals surface area contributed by atoms with Crippen molar-refractivity contribution < 1.29 is 36.6 Å². The molecule has 0 radical (unpaired) electrons. The van der Waals surface area contributed by atoms with Gasteiger partial charge in [0.2, 0.25) is 0 Å². The first-order valence-corrected chi connectivity index (χ1v) is 15.0. The zero-order chi connectivity index (χ0) is 31.3. The zero-order valence-corrected chi connectivity index (χ0v) is 24.1. The summed E-state index contributed by atoms with van der Waals surface area (Å²) < 4.78 is 63.8. The minimum Gasteiger partial charge on any atom is -0.505 e. The molecule has 1 aliphatic heterocycles. The molecule has 224 valence electrons. The predicted molar refractivity (Wildman–Crippen MR) is 157 cm³/mol. The molecule has 4 aromatic carbocycles. The number of aliphatic hydroxyl groups excluding tert-OH is 1. The van der Waals surface area contributed by atoms with Gasteiger partial charge in [-0.1, -0.05) is 42.5 Å². The first kappa shape index (κ1) is 30.1. The Balaban J connectivity index is 1.48. The molecule has 0 aromatic heterocycles. The van der Waals surface area contributed by atoms with Crippen LogP contribution < -0.4 is 15.8 Å². The highest BCUT2D eigenvalue weighted by molar-refractivity contribution is 7.90. The van der Waals surface area contributed by atoms with E-state index in [4.69, 9.17) is 0 Å². The van der Waals surface area contributed by atoms with Gasteiger partial charge < -0.3 is 15.6 Å². The van der Waals surface area contributed by atoms with Gasteiger partial charge in [-0.15, -0.1) is 0 Å². The normalized spacial score (nSPS) is 15.8. The first-order valence-electron chi connectivity index (χ1n) is 13.1. The molecule has 2 unspecified atom stereocenters. The Morgan fingerprint density at radius 3 is 2.33 bits per heavy atom. The number of nitrogens with one attached hydrogen (secondary N) is 2. The van der Waals surface area contributed by atoms with E-state index in [2.05, 4.69) is 10.9 Å². The Morgan fingerprint density at radius 2 is 1.65 bits per heavy atom. The smallest absolute Gasteiger partial charge is 0.418 e. The van der Waals surface area contributed by atoms with E-state index in [9.17, 15) is 36.6 Å². The largest absolute Gasteiger partial charge is 0.505 e. The molecule has 1 aliphatic rings. The van der Waals surface area contributed by atoms with Gasteiger partial charge >= 0.3 is 6.18 Å². The molecule has 0 fully saturated rings. The second kappa shape index (κ2) is 11.0. The third-order valence-corrected chi connectivity index (χ3v) is 8.52. The number of fused-ring (bicyclic) bond motifs is 1. The average molecular weight is 612 g/mol. The molecule has 1 heterocycles. The number of hydrogen-bond donors (Lipinski definition) is 4. The van der Waals surface area contributed by atoms with Gasteiger partial charge in [0, 0.05) is 23.1 Å². The molecule has 0 aliphatic carbocycles. The van der Waals surface area contributed by atoms with E-state index >= 15 is 0 Å². The van der Waals surface area contributed by atoms with E-state index < -0.39 is 34.1 Å². The second-order valence-corrected chi connectivity index (χ2v) is 12.4. The summed E-state index contributed by atoms with van der Waals surface area (Å²) in [6.07, 6.45) is -6.46. The molecular formula is C31H28F3N3O5S. The fourth-order valence-electron chi connectivity index (χ4n) is 4.94. The van der Waals surface area contributed by atoms with Crippen molar-refractivity contribution in [1.29, 1.82) is 0 Å². The number of aromatic hydroxyl groups is 1. The molecule has 1 amide bonds. The van der Waals surface area contributed by atoms with Gasteiger partial charge in [-0.3, -0.25) is 9.69 Å². The highest BCUT2D eigenvalue weighted by Gasteiger charge is 2.40. The van der Waals surface area contributed by atoms with Gasteiger partial charge in [0.25, 0.3) is 5.91 Å². The summed E-state index contributed by atoms with van der Waals surface area (Å²) in [7, 11) is -3.57. The third kappa shape index (κ3) is 5.81. The molecule has 0 saturated carbocycles. The number of anilines is 3. The van der Waals surface area contributed by atoms with Crippen LogP contribution in [-0.4, -0.2) is 37.0 Å². The Kier molecular flexibility index (Phi) is 7.71. The number of hydrogen-bond acceptors (Lipinski definition) is 7. The number of aliphatic hydroxyl groups is 1. The SMILES string of the molecule is Cc1ccc(N2C(=O)C(NNc3cccc(-c4cccc(C(O)C(F)(F)F)c4)c3O)c3ccc(S(C)(=O)=O)cc32)cc1C. The molecule has 0 saturated heterocycles. The number of benzene rings is 4. The Bertz CT molecular complexity index is 1840. The van der Waals surface area contributed by atoms with Crippen LogP contribution >= 0.6 is 0 Å². The van der Waals surface area contributed by atoms with Crippen molar-refractivity contribution in [3.8, 4) is 16.9 Å². The van der Waals surface area contributed by atoms with E-state index in [1.165, 1.54) is 41.3 Å². The molecule has 12 heteroatoms. The van der Waals surface area contributed by atoms with Crippen molar-refractivity contribution in [2.75, 3.05) is 16.6 Å². The molecule has 43 heavy (non-hydrogen) atoms. The van der Waals surface area contributed by atoms with Gasteiger partial charge in [0.1, 0.15) is 11.8 Å². The molecule has 0 bridgehead atoms. The average Bonchev–Trinajstić information content (AvgIpc) is 3.23. The zero-order valence-electron chi connectivity index (χ0n) is 23.3. The van der Waals surface area contributed by atoms with Crippen molar-refractivity contribution >= 4 is 32.8 Å². The van der Waals surface area contributed by atoms with Crippen LogP contribution in [0.2, 0.25) is 0 Å². The number of alkyl halides is 3. The number of aryl methyl sites for hydroxylation is 2. The summed E-state index contributed by atoms with van der Waals surface area (Å²) in [6.45, 7) is 3.84. The van der Waals surface area contributed by atoms with E-state index in [0.717, 1.165) is 29.5 Å². The fraction of sp³-hybridized carbons (Fsp3) is 0.194. The lowest BCUT2D eigenvalue weighted by Crippen LogP contribution is -2.35. The summed E-state index contributed by atoms with van der Waals surface area (Å²) in [6, 6.07) is 18.6. The fourth-order valence-corrected chi connectivity index (χ4v) is 5.58. The molecule has 4 aromatic rings. The topological polar surface area (TPSA) is 119 Å². The minimum atomic E-state index is -4.86. The lowest BCUT2D eigenvalue weighted by Gasteiger charge is -2.20. The second-order valence-electron chi connectivity index (χ2n) is 10.4. The molecular weight excluding hydrogens is 583 g/mol. The van der Waals surface area contributed by atoms with E-state index in [1.807, 2.05) is 26.0 Å². The van der Waals surface area contributed by atoms with Gasteiger partial charge in [0.15, 0.2) is 15.9 Å². The standard InChI is InChI=1S/C31H28F3N3O5S/c1-17-10-11-21(14-18(17)2)37-26-16-22(43(3,41)42)12-13-24(26)27(30(37)40)36-35-25-9-5-8-23(28(25)38)19-6-4-7-20(15-19)29(39)31(32,33)34/h4-16,27,29,35-36,38-39H,1-3H3.